The predicted molar refractivity (Wildman–Crippen MR) is 80.8 cm³/mol. The molecular weight excluding hydrogens is 270 g/mol. The van der Waals surface area contributed by atoms with Crippen molar-refractivity contribution in [3.63, 3.8) is 0 Å². The molecule has 0 aromatic rings. The normalized spacial score (nSPS) is 18.6. The number of nitrogens with zero attached hydrogens (tertiary/aromatic N) is 1. The first-order chi connectivity index (χ1) is 10.0. The monoisotopic (exact) mass is 291 g/mol. The van der Waals surface area contributed by atoms with Crippen LogP contribution >= 0.6 is 0 Å². The smallest absolute Gasteiger partial charge is 0.247 e. The van der Waals surface area contributed by atoms with Gasteiger partial charge in [0.2, 0.25) is 5.91 Å². The van der Waals surface area contributed by atoms with Crippen molar-refractivity contribution < 1.29 is 14.4 Å². The summed E-state index contributed by atoms with van der Waals surface area (Å²) < 4.78 is 0. The fourth-order valence-corrected chi connectivity index (χ4v) is 2.36. The van der Waals surface area contributed by atoms with E-state index in [-0.39, 0.29) is 13.1 Å². The van der Waals surface area contributed by atoms with Crippen LogP contribution in [0.4, 0.5) is 0 Å². The molecule has 0 atom stereocenters. The lowest BCUT2D eigenvalue weighted by Gasteiger charge is -2.39. The molecule has 1 saturated heterocycles. The number of hydrogen-bond donors (Lipinski definition) is 2. The van der Waals surface area contributed by atoms with E-state index < -0.39 is 23.0 Å². The Kier molecular flexibility index (Phi) is 6.20. The Morgan fingerprint density at radius 2 is 1.48 bits per heavy atom. The second kappa shape index (κ2) is 7.66. The third-order valence-electron chi connectivity index (χ3n) is 3.46. The van der Waals surface area contributed by atoms with Gasteiger partial charge in [0.05, 0.1) is 0 Å². The van der Waals surface area contributed by atoms with Gasteiger partial charge in [0, 0.05) is 32.7 Å². The van der Waals surface area contributed by atoms with Crippen LogP contribution in [-0.2, 0) is 14.4 Å². The van der Waals surface area contributed by atoms with E-state index in [1.54, 1.807) is 0 Å². The van der Waals surface area contributed by atoms with Gasteiger partial charge in [-0.15, -0.1) is 0 Å². The third-order valence-corrected chi connectivity index (χ3v) is 3.46. The average Bonchev–Trinajstić information content (AvgIpc) is 2.63. The zero-order valence-corrected chi connectivity index (χ0v) is 12.1. The van der Waals surface area contributed by atoms with Crippen LogP contribution in [-0.4, -0.2) is 60.6 Å². The molecule has 0 saturated carbocycles. The molecule has 1 rings (SSSR count). The number of carbonyl (C=O) groups excluding carboxylic acids is 3. The Hall–Kier alpha value is -2.05. The zero-order valence-electron chi connectivity index (χ0n) is 12.1. The molecule has 2 N–H and O–H groups in total. The first-order valence-corrected chi connectivity index (χ1v) is 6.73. The zero-order chi connectivity index (χ0) is 15.9. The van der Waals surface area contributed by atoms with E-state index in [2.05, 4.69) is 30.4 Å². The molecule has 0 aromatic heterocycles. The van der Waals surface area contributed by atoms with Crippen molar-refractivity contribution in [1.29, 1.82) is 0 Å². The van der Waals surface area contributed by atoms with E-state index in [4.69, 9.17) is 0 Å². The summed E-state index contributed by atoms with van der Waals surface area (Å²) in [6.45, 7) is 12.3. The van der Waals surface area contributed by atoms with E-state index in [9.17, 15) is 14.4 Å². The van der Waals surface area contributed by atoms with Gasteiger partial charge in [0.15, 0.2) is 17.1 Å². The first kappa shape index (κ1) is 17.0. The van der Waals surface area contributed by atoms with E-state index in [1.807, 2.05) is 0 Å². The van der Waals surface area contributed by atoms with Gasteiger partial charge in [0.25, 0.3) is 0 Å². The summed E-state index contributed by atoms with van der Waals surface area (Å²) in [4.78, 5) is 38.3. The molecular formula is C15H21N3O3. The molecule has 1 aliphatic rings. The van der Waals surface area contributed by atoms with Crippen molar-refractivity contribution in [1.82, 2.24) is 15.5 Å². The lowest BCUT2D eigenvalue weighted by molar-refractivity contribution is -0.147. The van der Waals surface area contributed by atoms with Crippen molar-refractivity contribution in [2.24, 2.45) is 0 Å². The van der Waals surface area contributed by atoms with Crippen molar-refractivity contribution in [2.45, 2.75) is 5.54 Å². The summed E-state index contributed by atoms with van der Waals surface area (Å²) in [5, 5.41) is 6.15. The Labute approximate surface area is 124 Å². The highest BCUT2D eigenvalue weighted by molar-refractivity contribution is 6.21. The van der Waals surface area contributed by atoms with E-state index in [0.29, 0.717) is 19.6 Å². The summed E-state index contributed by atoms with van der Waals surface area (Å²) in [6, 6.07) is 0. The van der Waals surface area contributed by atoms with E-state index in [0.717, 1.165) is 18.2 Å². The second-order valence-corrected chi connectivity index (χ2v) is 4.62. The van der Waals surface area contributed by atoms with Crippen molar-refractivity contribution in [3.8, 4) is 0 Å². The number of rotatable bonds is 5. The van der Waals surface area contributed by atoms with Crippen LogP contribution in [0.1, 0.15) is 0 Å². The quantitative estimate of drug-likeness (QED) is 0.524. The fraction of sp³-hybridized carbons (Fsp3) is 0.400. The molecule has 114 valence electrons. The summed E-state index contributed by atoms with van der Waals surface area (Å²) in [5.74, 6) is -1.54. The fourth-order valence-electron chi connectivity index (χ4n) is 2.36. The molecule has 1 amide bonds. The molecule has 0 unspecified atom stereocenters. The lowest BCUT2D eigenvalue weighted by atomic mass is 9.85. The molecule has 1 aliphatic heterocycles. The highest BCUT2D eigenvalue weighted by Crippen LogP contribution is 2.21. The Bertz CT molecular complexity index is 451. The average molecular weight is 291 g/mol. The summed E-state index contributed by atoms with van der Waals surface area (Å²) >= 11 is 0. The molecule has 6 nitrogen and oxygen atoms in total. The summed E-state index contributed by atoms with van der Waals surface area (Å²) in [5.41, 5.74) is -1.65. The topological polar surface area (TPSA) is 78.5 Å². The highest BCUT2D eigenvalue weighted by atomic mass is 16.2. The molecule has 1 heterocycles. The van der Waals surface area contributed by atoms with Crippen molar-refractivity contribution >= 4 is 17.5 Å². The van der Waals surface area contributed by atoms with Gasteiger partial charge in [-0.1, -0.05) is 19.7 Å². The number of carbonyl (C=O) groups is 3. The SMILES string of the molecule is C=CC(=O)N1CCNCCNCC1(C(=O)C=C)C(=O)C=C. The van der Waals surface area contributed by atoms with Gasteiger partial charge >= 0.3 is 0 Å². The largest absolute Gasteiger partial charge is 0.317 e. The summed E-state index contributed by atoms with van der Waals surface area (Å²) in [7, 11) is 0. The predicted octanol–water partition coefficient (Wildman–Crippen LogP) is -0.557. The highest BCUT2D eigenvalue weighted by Gasteiger charge is 2.49. The Balaban J connectivity index is 3.42. The van der Waals surface area contributed by atoms with Gasteiger partial charge in [-0.2, -0.15) is 0 Å². The van der Waals surface area contributed by atoms with Crippen LogP contribution in [0.2, 0.25) is 0 Å². The van der Waals surface area contributed by atoms with Gasteiger partial charge in [-0.3, -0.25) is 14.4 Å². The van der Waals surface area contributed by atoms with Crippen LogP contribution in [0.25, 0.3) is 0 Å². The van der Waals surface area contributed by atoms with Crippen molar-refractivity contribution in [3.05, 3.63) is 38.0 Å². The molecule has 6 heteroatoms. The number of amides is 1. The Morgan fingerprint density at radius 3 is 2.00 bits per heavy atom. The minimum absolute atomic E-state index is 0.0178. The standard InChI is InChI=1S/C15H21N3O3/c1-4-12(19)15(13(20)5-2)11-17-8-7-16-9-10-18(15)14(21)6-3/h4-6,16-17H,1-3,7-11H2. The minimum Gasteiger partial charge on any atom is -0.317 e. The molecule has 1 fully saturated rings. The lowest BCUT2D eigenvalue weighted by Crippen LogP contribution is -2.66. The molecule has 0 radical (unpaired) electrons. The molecule has 0 aromatic carbocycles. The second-order valence-electron chi connectivity index (χ2n) is 4.62. The maximum Gasteiger partial charge on any atom is 0.247 e. The molecule has 0 spiro atoms. The molecule has 0 bridgehead atoms. The van der Waals surface area contributed by atoms with Gasteiger partial charge < -0.3 is 15.5 Å². The first-order valence-electron chi connectivity index (χ1n) is 6.73. The Morgan fingerprint density at radius 1 is 0.905 bits per heavy atom. The number of nitrogens with one attached hydrogen (secondary N) is 2. The molecule has 0 aliphatic carbocycles. The van der Waals surface area contributed by atoms with Crippen LogP contribution in [0.5, 0.6) is 0 Å². The maximum absolute atomic E-state index is 12.4. The van der Waals surface area contributed by atoms with Crippen LogP contribution in [0.3, 0.4) is 0 Å². The number of hydrogen-bond acceptors (Lipinski definition) is 5. The minimum atomic E-state index is -1.65. The van der Waals surface area contributed by atoms with Gasteiger partial charge in [-0.25, -0.2) is 0 Å². The van der Waals surface area contributed by atoms with Crippen molar-refractivity contribution in [2.75, 3.05) is 32.7 Å². The van der Waals surface area contributed by atoms with E-state index in [1.165, 1.54) is 4.90 Å². The van der Waals surface area contributed by atoms with Gasteiger partial charge in [-0.05, 0) is 18.2 Å². The summed E-state index contributed by atoms with van der Waals surface area (Å²) in [6.07, 6.45) is 3.23. The van der Waals surface area contributed by atoms with Crippen LogP contribution < -0.4 is 10.6 Å². The van der Waals surface area contributed by atoms with Gasteiger partial charge in [0.1, 0.15) is 0 Å². The maximum atomic E-state index is 12.4. The molecule has 21 heavy (non-hydrogen) atoms. The third kappa shape index (κ3) is 3.34. The number of ketones is 2. The van der Waals surface area contributed by atoms with Crippen LogP contribution in [0.15, 0.2) is 38.0 Å². The van der Waals surface area contributed by atoms with Crippen LogP contribution in [0, 0.1) is 0 Å². The van der Waals surface area contributed by atoms with E-state index >= 15 is 0 Å².